The molecule has 2 N–H and O–H groups in total. The predicted molar refractivity (Wildman–Crippen MR) is 64.9 cm³/mol. The molecule has 7 heteroatoms. The first-order chi connectivity index (χ1) is 8.32. The molecular formula is C11H14FNO4S. The van der Waals surface area contributed by atoms with Gasteiger partial charge in [-0.05, 0) is 30.7 Å². The van der Waals surface area contributed by atoms with Gasteiger partial charge in [0.05, 0.1) is 12.4 Å². The standard InChI is InChI=1S/C11H14FNO4S/c1-2-17-11(14)7-18(15,16)6-8-3-9(12)5-10(13)4-8/h3-5H,2,6-7,13H2,1H3. The van der Waals surface area contributed by atoms with Crippen LogP contribution in [0.1, 0.15) is 12.5 Å². The number of hydrogen-bond donors (Lipinski definition) is 1. The predicted octanol–water partition coefficient (Wildman–Crippen LogP) is 0.886. The summed E-state index contributed by atoms with van der Waals surface area (Å²) in [7, 11) is -3.69. The Kier molecular flexibility index (Phi) is 4.66. The summed E-state index contributed by atoms with van der Waals surface area (Å²) in [5.41, 5.74) is 5.74. The van der Waals surface area contributed by atoms with Crippen LogP contribution in [0.4, 0.5) is 10.1 Å². The van der Waals surface area contributed by atoms with Crippen molar-refractivity contribution in [2.45, 2.75) is 12.7 Å². The van der Waals surface area contributed by atoms with E-state index in [1.807, 2.05) is 0 Å². The second kappa shape index (κ2) is 5.81. The average Bonchev–Trinajstić information content (AvgIpc) is 2.13. The zero-order valence-corrected chi connectivity index (χ0v) is 10.7. The summed E-state index contributed by atoms with van der Waals surface area (Å²) in [5, 5.41) is 0. The molecule has 0 fully saturated rings. The van der Waals surface area contributed by atoms with Crippen LogP contribution in [0.25, 0.3) is 0 Å². The van der Waals surface area contributed by atoms with E-state index in [2.05, 4.69) is 4.74 Å². The second-order valence-electron chi connectivity index (χ2n) is 3.73. The molecule has 0 saturated carbocycles. The molecule has 5 nitrogen and oxygen atoms in total. The van der Waals surface area contributed by atoms with Crippen molar-refractivity contribution in [3.63, 3.8) is 0 Å². The Morgan fingerprint density at radius 1 is 1.39 bits per heavy atom. The molecule has 18 heavy (non-hydrogen) atoms. The fourth-order valence-electron chi connectivity index (χ4n) is 1.45. The molecule has 0 aliphatic heterocycles. The number of hydrogen-bond acceptors (Lipinski definition) is 5. The fourth-order valence-corrected chi connectivity index (χ4v) is 2.66. The molecular weight excluding hydrogens is 261 g/mol. The first kappa shape index (κ1) is 14.4. The molecule has 0 radical (unpaired) electrons. The summed E-state index contributed by atoms with van der Waals surface area (Å²) in [6.07, 6.45) is 0. The Bertz CT molecular complexity index is 522. The number of carbonyl (C=O) groups is 1. The molecule has 0 aliphatic rings. The van der Waals surface area contributed by atoms with Crippen molar-refractivity contribution < 1.29 is 22.3 Å². The van der Waals surface area contributed by atoms with Crippen LogP contribution in [0.15, 0.2) is 18.2 Å². The number of benzene rings is 1. The van der Waals surface area contributed by atoms with E-state index in [0.29, 0.717) is 0 Å². The Labute approximate surface area is 105 Å². The lowest BCUT2D eigenvalue weighted by atomic mass is 10.2. The van der Waals surface area contributed by atoms with Crippen LogP contribution >= 0.6 is 0 Å². The van der Waals surface area contributed by atoms with Crippen molar-refractivity contribution in [1.29, 1.82) is 0 Å². The number of carbonyl (C=O) groups excluding carboxylic acids is 1. The maximum absolute atomic E-state index is 13.0. The van der Waals surface area contributed by atoms with E-state index in [1.54, 1.807) is 6.92 Å². The van der Waals surface area contributed by atoms with Gasteiger partial charge in [0.15, 0.2) is 9.84 Å². The van der Waals surface area contributed by atoms with Crippen LogP contribution in [0.3, 0.4) is 0 Å². The number of ether oxygens (including phenoxy) is 1. The number of nitrogen functional groups attached to an aromatic ring is 1. The summed E-state index contributed by atoms with van der Waals surface area (Å²) < 4.78 is 40.9. The Hall–Kier alpha value is -1.63. The van der Waals surface area contributed by atoms with Gasteiger partial charge in [0.2, 0.25) is 0 Å². The van der Waals surface area contributed by atoms with Crippen molar-refractivity contribution in [3.8, 4) is 0 Å². The minimum atomic E-state index is -3.69. The zero-order chi connectivity index (χ0) is 13.8. The zero-order valence-electron chi connectivity index (χ0n) is 9.85. The Balaban J connectivity index is 2.79. The van der Waals surface area contributed by atoms with Gasteiger partial charge >= 0.3 is 5.97 Å². The lowest BCUT2D eigenvalue weighted by molar-refractivity contribution is -0.139. The Morgan fingerprint density at radius 3 is 2.61 bits per heavy atom. The molecule has 100 valence electrons. The second-order valence-corrected chi connectivity index (χ2v) is 5.79. The minimum Gasteiger partial charge on any atom is -0.465 e. The number of rotatable bonds is 5. The van der Waals surface area contributed by atoms with Gasteiger partial charge in [0.25, 0.3) is 0 Å². The van der Waals surface area contributed by atoms with Crippen LogP contribution in [0.5, 0.6) is 0 Å². The quantitative estimate of drug-likeness (QED) is 0.637. The van der Waals surface area contributed by atoms with Gasteiger partial charge in [0, 0.05) is 5.69 Å². The number of halogens is 1. The van der Waals surface area contributed by atoms with Crippen LogP contribution in [0, 0.1) is 5.82 Å². The van der Waals surface area contributed by atoms with Gasteiger partial charge in [-0.1, -0.05) is 0 Å². The van der Waals surface area contributed by atoms with Crippen LogP contribution in [-0.4, -0.2) is 26.7 Å². The fraction of sp³-hybridized carbons (Fsp3) is 0.364. The van der Waals surface area contributed by atoms with Gasteiger partial charge in [-0.25, -0.2) is 12.8 Å². The Morgan fingerprint density at radius 2 is 2.06 bits per heavy atom. The summed E-state index contributed by atoms with van der Waals surface area (Å²) in [5.74, 6) is -2.61. The summed E-state index contributed by atoms with van der Waals surface area (Å²) in [6.45, 7) is 1.69. The number of sulfone groups is 1. The first-order valence-corrected chi connectivity index (χ1v) is 7.05. The molecule has 0 heterocycles. The molecule has 0 spiro atoms. The molecule has 1 aromatic carbocycles. The molecule has 1 aromatic rings. The first-order valence-electron chi connectivity index (χ1n) is 5.23. The van der Waals surface area contributed by atoms with Crippen molar-refractivity contribution in [3.05, 3.63) is 29.6 Å². The van der Waals surface area contributed by atoms with Gasteiger partial charge in [-0.2, -0.15) is 0 Å². The third-order valence-corrected chi connectivity index (χ3v) is 3.46. The van der Waals surface area contributed by atoms with E-state index >= 15 is 0 Å². The lowest BCUT2D eigenvalue weighted by Crippen LogP contribution is -2.20. The van der Waals surface area contributed by atoms with Crippen molar-refractivity contribution in [1.82, 2.24) is 0 Å². The molecule has 0 atom stereocenters. The molecule has 1 rings (SSSR count). The normalized spacial score (nSPS) is 11.2. The smallest absolute Gasteiger partial charge is 0.321 e. The van der Waals surface area contributed by atoms with E-state index in [4.69, 9.17) is 5.73 Å². The third-order valence-electron chi connectivity index (χ3n) is 2.01. The highest BCUT2D eigenvalue weighted by Gasteiger charge is 2.18. The molecule has 0 bridgehead atoms. The molecule has 0 saturated heterocycles. The highest BCUT2D eigenvalue weighted by molar-refractivity contribution is 7.91. The molecule has 0 unspecified atom stereocenters. The largest absolute Gasteiger partial charge is 0.465 e. The highest BCUT2D eigenvalue weighted by Crippen LogP contribution is 2.14. The monoisotopic (exact) mass is 275 g/mol. The van der Waals surface area contributed by atoms with E-state index in [1.165, 1.54) is 6.07 Å². The maximum Gasteiger partial charge on any atom is 0.321 e. The summed E-state index contributed by atoms with van der Waals surface area (Å²) in [4.78, 5) is 11.1. The number of nitrogens with two attached hydrogens (primary N) is 1. The lowest BCUT2D eigenvalue weighted by Gasteiger charge is -2.05. The van der Waals surface area contributed by atoms with Gasteiger partial charge in [-0.15, -0.1) is 0 Å². The number of anilines is 1. The van der Waals surface area contributed by atoms with Crippen LogP contribution < -0.4 is 5.73 Å². The van der Waals surface area contributed by atoms with Crippen LogP contribution in [-0.2, 0) is 25.1 Å². The van der Waals surface area contributed by atoms with Crippen molar-refractivity contribution >= 4 is 21.5 Å². The maximum atomic E-state index is 13.0. The molecule has 0 aliphatic carbocycles. The topological polar surface area (TPSA) is 86.5 Å². The van der Waals surface area contributed by atoms with Crippen molar-refractivity contribution in [2.75, 3.05) is 18.1 Å². The van der Waals surface area contributed by atoms with Crippen LogP contribution in [0.2, 0.25) is 0 Å². The van der Waals surface area contributed by atoms with Gasteiger partial charge < -0.3 is 10.5 Å². The SMILES string of the molecule is CCOC(=O)CS(=O)(=O)Cc1cc(N)cc(F)c1. The highest BCUT2D eigenvalue weighted by atomic mass is 32.2. The minimum absolute atomic E-state index is 0.112. The summed E-state index contributed by atoms with van der Waals surface area (Å²) in [6, 6.07) is 3.51. The van der Waals surface area contributed by atoms with Crippen molar-refractivity contribution in [2.24, 2.45) is 0 Å². The van der Waals surface area contributed by atoms with E-state index in [9.17, 15) is 17.6 Å². The number of esters is 1. The van der Waals surface area contributed by atoms with Gasteiger partial charge in [-0.3, -0.25) is 4.79 Å². The van der Waals surface area contributed by atoms with E-state index in [-0.39, 0.29) is 17.9 Å². The molecule has 0 aromatic heterocycles. The molecule has 0 amide bonds. The third kappa shape index (κ3) is 4.70. The van der Waals surface area contributed by atoms with E-state index in [0.717, 1.165) is 12.1 Å². The van der Waals surface area contributed by atoms with E-state index < -0.39 is 33.1 Å². The summed E-state index contributed by atoms with van der Waals surface area (Å²) >= 11 is 0. The van der Waals surface area contributed by atoms with Gasteiger partial charge in [0.1, 0.15) is 11.6 Å². The average molecular weight is 275 g/mol.